The van der Waals surface area contributed by atoms with Gasteiger partial charge in [0.15, 0.2) is 11.5 Å². The second kappa shape index (κ2) is 6.19. The van der Waals surface area contributed by atoms with E-state index in [0.717, 1.165) is 13.1 Å². The summed E-state index contributed by atoms with van der Waals surface area (Å²) in [7, 11) is 3.35. The third-order valence-electron chi connectivity index (χ3n) is 4.04. The minimum absolute atomic E-state index is 0.120. The summed E-state index contributed by atoms with van der Waals surface area (Å²) in [5.41, 5.74) is 0.582. The van der Waals surface area contributed by atoms with Crippen molar-refractivity contribution in [2.45, 2.75) is 26.2 Å². The highest BCUT2D eigenvalue weighted by atomic mass is 16.5. The Kier molecular flexibility index (Phi) is 4.58. The van der Waals surface area contributed by atoms with E-state index in [2.05, 4.69) is 17.3 Å². The zero-order valence-corrected chi connectivity index (χ0v) is 12.0. The number of aromatic nitrogens is 2. The number of ether oxygens (including phenoxy) is 1. The van der Waals surface area contributed by atoms with Crippen molar-refractivity contribution in [2.75, 3.05) is 20.2 Å². The molecule has 0 bridgehead atoms. The monoisotopic (exact) mass is 265 g/mol. The average Bonchev–Trinajstić information content (AvgIpc) is 2.80. The van der Waals surface area contributed by atoms with Crippen molar-refractivity contribution < 1.29 is 9.53 Å². The van der Waals surface area contributed by atoms with Gasteiger partial charge in [-0.15, -0.1) is 0 Å². The van der Waals surface area contributed by atoms with Gasteiger partial charge in [0.1, 0.15) is 5.69 Å². The highest BCUT2D eigenvalue weighted by molar-refractivity contribution is 5.97. The van der Waals surface area contributed by atoms with E-state index in [4.69, 9.17) is 4.74 Å². The summed E-state index contributed by atoms with van der Waals surface area (Å²) >= 11 is 0. The van der Waals surface area contributed by atoms with Gasteiger partial charge in [-0.1, -0.05) is 6.92 Å². The molecule has 1 aromatic heterocycles. The first kappa shape index (κ1) is 14.1. The van der Waals surface area contributed by atoms with Crippen LogP contribution in [-0.4, -0.2) is 35.8 Å². The summed E-state index contributed by atoms with van der Waals surface area (Å²) in [4.78, 5) is 12.4. The van der Waals surface area contributed by atoms with Gasteiger partial charge in [0.25, 0.3) is 0 Å². The number of nitrogens with zero attached hydrogens (tertiary/aromatic N) is 2. The molecule has 19 heavy (non-hydrogen) atoms. The lowest BCUT2D eigenvalue weighted by molar-refractivity contribution is 0.0930. The molecule has 106 valence electrons. The molecule has 5 heteroatoms. The first-order chi connectivity index (χ1) is 9.13. The number of nitrogens with one attached hydrogen (secondary N) is 1. The largest absolute Gasteiger partial charge is 0.493 e. The summed E-state index contributed by atoms with van der Waals surface area (Å²) < 4.78 is 6.80. The normalized spacial score (nSPS) is 21.1. The summed E-state index contributed by atoms with van der Waals surface area (Å²) in [6.45, 7) is 4.29. The van der Waals surface area contributed by atoms with Crippen LogP contribution in [0, 0.1) is 11.8 Å². The number of Topliss-reactive ketones (excluding diaryl/α,β-unsaturated/α-hetero) is 1. The highest BCUT2D eigenvalue weighted by Gasteiger charge is 2.25. The van der Waals surface area contributed by atoms with Crippen molar-refractivity contribution in [3.05, 3.63) is 11.9 Å². The predicted octanol–water partition coefficient (Wildman–Crippen LogP) is 1.64. The molecule has 0 saturated carbocycles. The van der Waals surface area contributed by atoms with E-state index in [1.54, 1.807) is 25.0 Å². The summed E-state index contributed by atoms with van der Waals surface area (Å²) in [5.74, 6) is 1.67. The molecule has 5 nitrogen and oxygen atoms in total. The van der Waals surface area contributed by atoms with Crippen LogP contribution in [0.15, 0.2) is 6.20 Å². The van der Waals surface area contributed by atoms with Gasteiger partial charge >= 0.3 is 0 Å². The number of carbonyl (C=O) groups excluding carboxylic acids is 1. The van der Waals surface area contributed by atoms with E-state index in [1.807, 2.05) is 0 Å². The number of hydrogen-bond donors (Lipinski definition) is 1. The number of rotatable bonds is 5. The fraction of sp³-hybridized carbons (Fsp3) is 0.714. The molecule has 1 fully saturated rings. The van der Waals surface area contributed by atoms with Crippen molar-refractivity contribution >= 4 is 5.78 Å². The third-order valence-corrected chi connectivity index (χ3v) is 4.04. The Balaban J connectivity index is 2.01. The smallest absolute Gasteiger partial charge is 0.184 e. The molecule has 0 spiro atoms. The summed E-state index contributed by atoms with van der Waals surface area (Å²) in [6.07, 6.45) is 4.57. The Morgan fingerprint density at radius 2 is 2.47 bits per heavy atom. The van der Waals surface area contributed by atoms with Crippen LogP contribution in [0.1, 0.15) is 36.7 Å². The van der Waals surface area contributed by atoms with Crippen LogP contribution in [0.2, 0.25) is 0 Å². The Labute approximate surface area is 114 Å². The van der Waals surface area contributed by atoms with Crippen LogP contribution in [-0.2, 0) is 7.05 Å². The number of carbonyl (C=O) groups is 1. The molecule has 1 N–H and O–H groups in total. The molecule has 0 aliphatic carbocycles. The lowest BCUT2D eigenvalue weighted by Gasteiger charge is -2.28. The zero-order valence-electron chi connectivity index (χ0n) is 12.0. The van der Waals surface area contributed by atoms with Crippen LogP contribution < -0.4 is 10.1 Å². The number of methoxy groups -OCH3 is 1. The minimum Gasteiger partial charge on any atom is -0.493 e. The Morgan fingerprint density at radius 3 is 3.11 bits per heavy atom. The lowest BCUT2D eigenvalue weighted by Crippen LogP contribution is -2.34. The maximum absolute atomic E-state index is 12.4. The Bertz CT molecular complexity index is 436. The first-order valence-corrected chi connectivity index (χ1v) is 6.93. The molecule has 0 amide bonds. The molecule has 0 aromatic carbocycles. The van der Waals surface area contributed by atoms with Crippen LogP contribution >= 0.6 is 0 Å². The van der Waals surface area contributed by atoms with Crippen LogP contribution in [0.25, 0.3) is 0 Å². The van der Waals surface area contributed by atoms with Crippen LogP contribution in [0.5, 0.6) is 5.75 Å². The Morgan fingerprint density at radius 1 is 1.68 bits per heavy atom. The molecule has 0 radical (unpaired) electrons. The number of aryl methyl sites for hydroxylation is 1. The molecule has 2 rings (SSSR count). The van der Waals surface area contributed by atoms with Crippen molar-refractivity contribution in [1.82, 2.24) is 15.1 Å². The summed E-state index contributed by atoms with van der Waals surface area (Å²) in [6, 6.07) is 0. The average molecular weight is 265 g/mol. The maximum Gasteiger partial charge on any atom is 0.184 e. The second-order valence-electron chi connectivity index (χ2n) is 5.40. The molecule has 1 aliphatic rings. The second-order valence-corrected chi connectivity index (χ2v) is 5.40. The summed E-state index contributed by atoms with van der Waals surface area (Å²) in [5, 5.41) is 7.49. The van der Waals surface area contributed by atoms with Crippen molar-refractivity contribution in [2.24, 2.45) is 18.9 Å². The van der Waals surface area contributed by atoms with Crippen molar-refractivity contribution in [3.8, 4) is 5.75 Å². The molecular formula is C14H23N3O2. The van der Waals surface area contributed by atoms with Crippen molar-refractivity contribution in [1.29, 1.82) is 0 Å². The van der Waals surface area contributed by atoms with Gasteiger partial charge in [0.05, 0.1) is 13.3 Å². The van der Waals surface area contributed by atoms with E-state index >= 15 is 0 Å². The SMILES string of the molecule is COc1cnn(C)c1C(=O)CC(C)C1CCCNC1. The molecule has 1 aromatic rings. The van der Waals surface area contributed by atoms with E-state index < -0.39 is 0 Å². The lowest BCUT2D eigenvalue weighted by atomic mass is 9.84. The fourth-order valence-corrected chi connectivity index (χ4v) is 2.80. The molecule has 1 saturated heterocycles. The van der Waals surface area contributed by atoms with E-state index in [-0.39, 0.29) is 5.78 Å². The number of ketones is 1. The van der Waals surface area contributed by atoms with Crippen LogP contribution in [0.3, 0.4) is 0 Å². The van der Waals surface area contributed by atoms with E-state index in [1.165, 1.54) is 12.8 Å². The highest BCUT2D eigenvalue weighted by Crippen LogP contribution is 2.26. The van der Waals surface area contributed by atoms with Crippen LogP contribution in [0.4, 0.5) is 0 Å². The van der Waals surface area contributed by atoms with Gasteiger partial charge in [-0.3, -0.25) is 9.48 Å². The predicted molar refractivity (Wildman–Crippen MR) is 73.5 cm³/mol. The molecule has 1 aliphatic heterocycles. The molecular weight excluding hydrogens is 242 g/mol. The fourth-order valence-electron chi connectivity index (χ4n) is 2.80. The minimum atomic E-state index is 0.120. The number of piperidine rings is 1. The number of hydrogen-bond acceptors (Lipinski definition) is 4. The van der Waals surface area contributed by atoms with E-state index in [9.17, 15) is 4.79 Å². The Hall–Kier alpha value is -1.36. The third kappa shape index (κ3) is 3.15. The van der Waals surface area contributed by atoms with Gasteiger partial charge < -0.3 is 10.1 Å². The van der Waals surface area contributed by atoms with Gasteiger partial charge in [-0.05, 0) is 37.8 Å². The zero-order chi connectivity index (χ0) is 13.8. The molecule has 2 heterocycles. The van der Waals surface area contributed by atoms with E-state index in [0.29, 0.717) is 29.7 Å². The molecule has 2 atom stereocenters. The molecule has 2 unspecified atom stereocenters. The van der Waals surface area contributed by atoms with Gasteiger partial charge in [-0.25, -0.2) is 0 Å². The van der Waals surface area contributed by atoms with Gasteiger partial charge in [0, 0.05) is 13.5 Å². The van der Waals surface area contributed by atoms with Gasteiger partial charge in [-0.2, -0.15) is 5.10 Å². The quantitative estimate of drug-likeness (QED) is 0.822. The standard InChI is InChI=1S/C14H23N3O2/c1-10(11-5-4-6-15-8-11)7-12(18)14-13(19-3)9-16-17(14)2/h9-11,15H,4-8H2,1-3H3. The topological polar surface area (TPSA) is 56.2 Å². The first-order valence-electron chi connectivity index (χ1n) is 6.93. The van der Waals surface area contributed by atoms with Crippen molar-refractivity contribution in [3.63, 3.8) is 0 Å². The van der Waals surface area contributed by atoms with Gasteiger partial charge in [0.2, 0.25) is 0 Å². The maximum atomic E-state index is 12.4.